The summed E-state index contributed by atoms with van der Waals surface area (Å²) in [7, 11) is 1.31. The summed E-state index contributed by atoms with van der Waals surface area (Å²) in [4.78, 5) is 40.2. The van der Waals surface area contributed by atoms with E-state index in [1.807, 2.05) is 45.0 Å². The molecule has 1 fully saturated rings. The molecule has 2 amide bonds. The Kier molecular flexibility index (Phi) is 7.20. The van der Waals surface area contributed by atoms with Crippen molar-refractivity contribution in [3.05, 3.63) is 29.8 Å². The highest BCUT2D eigenvalue weighted by atomic mass is 16.5. The normalized spacial score (nSPS) is 25.5. The minimum absolute atomic E-state index is 0.128. The summed E-state index contributed by atoms with van der Waals surface area (Å²) in [5.41, 5.74) is 0.245. The number of hydrogen-bond acceptors (Lipinski definition) is 6. The van der Waals surface area contributed by atoms with Crippen LogP contribution in [-0.2, 0) is 30.3 Å². The van der Waals surface area contributed by atoms with Gasteiger partial charge in [-0.05, 0) is 23.1 Å². The smallest absolute Gasteiger partial charge is 0.328 e. The van der Waals surface area contributed by atoms with Gasteiger partial charge in [-0.3, -0.25) is 9.59 Å². The van der Waals surface area contributed by atoms with Gasteiger partial charge in [0, 0.05) is 19.4 Å². The summed E-state index contributed by atoms with van der Waals surface area (Å²) < 4.78 is 16.6. The van der Waals surface area contributed by atoms with Crippen LogP contribution in [0.5, 0.6) is 5.75 Å². The van der Waals surface area contributed by atoms with Crippen LogP contribution in [0.15, 0.2) is 24.3 Å². The topological polar surface area (TPSA) is 94.2 Å². The first-order valence-electron chi connectivity index (χ1n) is 10.7. The van der Waals surface area contributed by atoms with Crippen molar-refractivity contribution in [1.29, 1.82) is 0 Å². The number of methoxy groups -OCH3 is 1. The summed E-state index contributed by atoms with van der Waals surface area (Å²) in [5, 5.41) is 2.89. The quantitative estimate of drug-likeness (QED) is 0.679. The third-order valence-corrected chi connectivity index (χ3v) is 5.61. The summed E-state index contributed by atoms with van der Waals surface area (Å²) in [6.45, 7) is 6.87. The number of rotatable bonds is 1. The minimum Gasteiger partial charge on any atom is -0.493 e. The number of fused-ring (bicyclic) bond motifs is 4. The van der Waals surface area contributed by atoms with E-state index in [1.165, 1.54) is 12.0 Å². The number of carbonyl (C=O) groups is 3. The summed E-state index contributed by atoms with van der Waals surface area (Å²) in [6.07, 6.45) is 0.886. The molecule has 2 heterocycles. The summed E-state index contributed by atoms with van der Waals surface area (Å²) in [5.74, 6) is -0.347. The largest absolute Gasteiger partial charge is 0.493 e. The maximum atomic E-state index is 13.5. The molecule has 0 spiro atoms. The van der Waals surface area contributed by atoms with Crippen molar-refractivity contribution in [2.75, 3.05) is 26.9 Å². The van der Waals surface area contributed by atoms with Crippen molar-refractivity contribution in [3.8, 4) is 5.75 Å². The molecular weight excluding hydrogens is 400 g/mol. The average Bonchev–Trinajstić information content (AvgIpc) is 3.14. The Morgan fingerprint density at radius 1 is 1.23 bits per heavy atom. The molecule has 0 aliphatic carbocycles. The van der Waals surface area contributed by atoms with Crippen molar-refractivity contribution in [1.82, 2.24) is 10.2 Å². The lowest BCUT2D eigenvalue weighted by atomic mass is 9.85. The fourth-order valence-corrected chi connectivity index (χ4v) is 3.98. The van der Waals surface area contributed by atoms with Crippen LogP contribution in [-0.4, -0.2) is 67.7 Å². The van der Waals surface area contributed by atoms with Crippen LogP contribution in [0.25, 0.3) is 0 Å². The van der Waals surface area contributed by atoms with Crippen LogP contribution >= 0.6 is 0 Å². The molecule has 3 rings (SSSR count). The van der Waals surface area contributed by atoms with Crippen molar-refractivity contribution in [3.63, 3.8) is 0 Å². The Morgan fingerprint density at radius 3 is 2.71 bits per heavy atom. The lowest BCUT2D eigenvalue weighted by Crippen LogP contribution is -2.57. The number of benzene rings is 1. The number of carbonyl (C=O) groups excluding carboxylic acids is 3. The molecule has 1 saturated heterocycles. The third-order valence-electron chi connectivity index (χ3n) is 5.61. The van der Waals surface area contributed by atoms with Crippen molar-refractivity contribution >= 4 is 17.8 Å². The molecule has 0 aromatic heterocycles. The molecule has 170 valence electrons. The third kappa shape index (κ3) is 5.76. The second kappa shape index (κ2) is 9.68. The predicted molar refractivity (Wildman–Crippen MR) is 114 cm³/mol. The van der Waals surface area contributed by atoms with E-state index in [1.54, 1.807) is 0 Å². The molecule has 1 aromatic rings. The van der Waals surface area contributed by atoms with Gasteiger partial charge in [0.2, 0.25) is 11.8 Å². The van der Waals surface area contributed by atoms with Crippen LogP contribution in [0.4, 0.5) is 0 Å². The number of nitrogens with one attached hydrogen (secondary N) is 1. The van der Waals surface area contributed by atoms with Gasteiger partial charge in [0.1, 0.15) is 17.8 Å². The summed E-state index contributed by atoms with van der Waals surface area (Å²) >= 11 is 0. The van der Waals surface area contributed by atoms with E-state index in [9.17, 15) is 14.4 Å². The number of esters is 1. The zero-order valence-corrected chi connectivity index (χ0v) is 18.7. The van der Waals surface area contributed by atoms with Gasteiger partial charge in [-0.15, -0.1) is 0 Å². The van der Waals surface area contributed by atoms with E-state index in [-0.39, 0.29) is 30.9 Å². The zero-order chi connectivity index (χ0) is 22.6. The van der Waals surface area contributed by atoms with Crippen LogP contribution in [0.1, 0.15) is 39.2 Å². The second-order valence-electron chi connectivity index (χ2n) is 9.15. The van der Waals surface area contributed by atoms with E-state index in [2.05, 4.69) is 5.32 Å². The van der Waals surface area contributed by atoms with Crippen LogP contribution < -0.4 is 10.1 Å². The van der Waals surface area contributed by atoms with Crippen molar-refractivity contribution in [2.24, 2.45) is 5.41 Å². The van der Waals surface area contributed by atoms with Gasteiger partial charge in [-0.25, -0.2) is 4.79 Å². The Labute approximate surface area is 183 Å². The van der Waals surface area contributed by atoms with Gasteiger partial charge in [0.25, 0.3) is 0 Å². The first-order chi connectivity index (χ1) is 14.7. The van der Waals surface area contributed by atoms with Gasteiger partial charge in [0.15, 0.2) is 0 Å². The molecule has 31 heavy (non-hydrogen) atoms. The molecular formula is C23H32N2O6. The zero-order valence-electron chi connectivity index (χ0n) is 18.7. The molecule has 2 aliphatic heterocycles. The Balaban J connectivity index is 1.90. The molecule has 8 nitrogen and oxygen atoms in total. The molecule has 1 aromatic carbocycles. The molecule has 0 saturated carbocycles. The molecule has 4 bridgehead atoms. The van der Waals surface area contributed by atoms with Crippen LogP contribution in [0.2, 0.25) is 0 Å². The highest BCUT2D eigenvalue weighted by molar-refractivity contribution is 5.92. The van der Waals surface area contributed by atoms with Gasteiger partial charge in [-0.1, -0.05) is 32.9 Å². The monoisotopic (exact) mass is 432 g/mol. The average molecular weight is 433 g/mol. The van der Waals surface area contributed by atoms with E-state index >= 15 is 0 Å². The maximum Gasteiger partial charge on any atom is 0.328 e. The number of nitrogens with zero attached hydrogens (tertiary/aromatic N) is 1. The van der Waals surface area contributed by atoms with E-state index < -0.39 is 23.5 Å². The molecule has 1 N–H and O–H groups in total. The fourth-order valence-electron chi connectivity index (χ4n) is 3.98. The van der Waals surface area contributed by atoms with E-state index in [0.717, 1.165) is 5.56 Å². The number of hydrogen-bond donors (Lipinski definition) is 1. The standard InChI is InChI=1S/C23H32N2O6/c1-23(2,3)20-21(27)25-14-17(13-18(25)22(28)29-4)31-10-6-9-30-16-8-5-7-15(11-16)12-19(26)24-20/h5,7-8,11,17-18,20H,6,9-10,12-14H2,1-4H3,(H,24,26)/t17-,18-,20+/m0/s1. The van der Waals surface area contributed by atoms with Crippen LogP contribution in [0.3, 0.4) is 0 Å². The minimum atomic E-state index is -0.793. The molecule has 8 heteroatoms. The SMILES string of the molecule is COC(=O)[C@@H]1C[C@H]2CN1C(=O)[C@H](C(C)(C)C)NC(=O)Cc1cccc(c1)OCCCO2. The first-order valence-corrected chi connectivity index (χ1v) is 10.7. The molecule has 0 unspecified atom stereocenters. The van der Waals surface area contributed by atoms with E-state index in [0.29, 0.717) is 31.8 Å². The number of ether oxygens (including phenoxy) is 3. The van der Waals surface area contributed by atoms with Gasteiger partial charge < -0.3 is 24.4 Å². The maximum absolute atomic E-state index is 13.5. The van der Waals surface area contributed by atoms with E-state index in [4.69, 9.17) is 14.2 Å². The van der Waals surface area contributed by atoms with Gasteiger partial charge >= 0.3 is 5.97 Å². The summed E-state index contributed by atoms with van der Waals surface area (Å²) in [6, 6.07) is 5.86. The Hall–Kier alpha value is -2.61. The van der Waals surface area contributed by atoms with Crippen molar-refractivity contribution in [2.45, 2.75) is 58.2 Å². The van der Waals surface area contributed by atoms with Gasteiger partial charge in [0.05, 0.1) is 32.8 Å². The second-order valence-corrected chi connectivity index (χ2v) is 9.15. The molecule has 3 atom stereocenters. The number of amides is 2. The lowest BCUT2D eigenvalue weighted by Gasteiger charge is -2.35. The lowest BCUT2D eigenvalue weighted by molar-refractivity contribution is -0.153. The Bertz CT molecular complexity index is 819. The van der Waals surface area contributed by atoms with Crippen LogP contribution in [0, 0.1) is 5.41 Å². The van der Waals surface area contributed by atoms with Gasteiger partial charge in [-0.2, -0.15) is 0 Å². The molecule has 2 aliphatic rings. The van der Waals surface area contributed by atoms with Crippen molar-refractivity contribution < 1.29 is 28.6 Å². The Morgan fingerprint density at radius 2 is 2.00 bits per heavy atom. The molecule has 0 radical (unpaired) electrons. The highest BCUT2D eigenvalue weighted by Crippen LogP contribution is 2.28. The highest BCUT2D eigenvalue weighted by Gasteiger charge is 2.45. The fraction of sp³-hybridized carbons (Fsp3) is 0.609. The first kappa shape index (κ1) is 23.1. The predicted octanol–water partition coefficient (Wildman–Crippen LogP) is 1.70.